The first-order valence-corrected chi connectivity index (χ1v) is 10.8. The second kappa shape index (κ2) is 8.77. The van der Waals surface area contributed by atoms with Crippen LogP contribution >= 0.6 is 23.2 Å². The van der Waals surface area contributed by atoms with Gasteiger partial charge < -0.3 is 14.6 Å². The molecule has 1 N–H and O–H groups in total. The second-order valence-electron chi connectivity index (χ2n) is 7.80. The number of halogens is 2. The van der Waals surface area contributed by atoms with Crippen molar-refractivity contribution in [3.05, 3.63) is 96.9 Å². The lowest BCUT2D eigenvalue weighted by Crippen LogP contribution is -2.30. The molecule has 0 radical (unpaired) electrons. The molecule has 0 unspecified atom stereocenters. The largest absolute Gasteiger partial charge is 0.478 e. The molecule has 5 nitrogen and oxygen atoms in total. The molecule has 0 bridgehead atoms. The zero-order valence-electron chi connectivity index (χ0n) is 17.1. The van der Waals surface area contributed by atoms with Crippen molar-refractivity contribution in [2.75, 3.05) is 11.4 Å². The second-order valence-corrected chi connectivity index (χ2v) is 8.61. The van der Waals surface area contributed by atoms with Gasteiger partial charge in [0.15, 0.2) is 0 Å². The Morgan fingerprint density at radius 3 is 2.52 bits per heavy atom. The van der Waals surface area contributed by atoms with E-state index in [-0.39, 0.29) is 16.1 Å². The van der Waals surface area contributed by atoms with E-state index in [1.54, 1.807) is 28.8 Å². The van der Waals surface area contributed by atoms with E-state index in [9.17, 15) is 9.59 Å². The summed E-state index contributed by atoms with van der Waals surface area (Å²) in [5, 5.41) is 9.61. The number of aromatic nitrogens is 1. The molecule has 4 rings (SSSR count). The van der Waals surface area contributed by atoms with Crippen molar-refractivity contribution in [2.24, 2.45) is 0 Å². The van der Waals surface area contributed by atoms with Crippen molar-refractivity contribution in [3.63, 3.8) is 0 Å². The number of anilines is 1. The van der Waals surface area contributed by atoms with E-state index in [0.717, 1.165) is 24.2 Å². The molecule has 3 aromatic rings. The summed E-state index contributed by atoms with van der Waals surface area (Å²) in [7, 11) is 0. The van der Waals surface area contributed by atoms with Gasteiger partial charge in [-0.2, -0.15) is 0 Å². The van der Waals surface area contributed by atoms with Crippen LogP contribution in [0.1, 0.15) is 32.7 Å². The Balaban J connectivity index is 1.61. The molecule has 2 aromatic carbocycles. The van der Waals surface area contributed by atoms with Gasteiger partial charge in [-0.25, -0.2) is 4.79 Å². The standard InChI is InChI=1S/C24H22Cl2N2O3/c1-15-2-7-21-18(12-15)9-10-27(21)14-22-19(25)13-20(26)23(29)28(22)11-8-16-3-5-17(6-4-16)24(30)31/h2-7,12-13H,8-11,14H2,1H3,(H,30,31). The van der Waals surface area contributed by atoms with E-state index in [1.807, 2.05) is 0 Å². The molecule has 0 atom stereocenters. The third-order valence-corrected chi connectivity index (χ3v) is 6.29. The number of benzene rings is 2. The van der Waals surface area contributed by atoms with Crippen LogP contribution in [0.4, 0.5) is 5.69 Å². The summed E-state index contributed by atoms with van der Waals surface area (Å²) in [6, 6.07) is 14.6. The molecule has 1 aromatic heterocycles. The van der Waals surface area contributed by atoms with E-state index >= 15 is 0 Å². The van der Waals surface area contributed by atoms with Gasteiger partial charge in [-0.15, -0.1) is 0 Å². The summed E-state index contributed by atoms with van der Waals surface area (Å²) in [6.07, 6.45) is 1.52. The Bertz CT molecular complexity index is 1200. The molecule has 2 heterocycles. The quantitative estimate of drug-likeness (QED) is 0.568. The number of carbonyl (C=O) groups is 1. The number of hydrogen-bond acceptors (Lipinski definition) is 3. The van der Waals surface area contributed by atoms with Crippen molar-refractivity contribution in [1.29, 1.82) is 0 Å². The van der Waals surface area contributed by atoms with E-state index in [1.165, 1.54) is 22.9 Å². The summed E-state index contributed by atoms with van der Waals surface area (Å²) in [6.45, 7) is 3.86. The zero-order chi connectivity index (χ0) is 22.1. The maximum atomic E-state index is 12.8. The van der Waals surface area contributed by atoms with E-state index in [2.05, 4.69) is 30.0 Å². The fourth-order valence-corrected chi connectivity index (χ4v) is 4.57. The molecule has 1 aliphatic heterocycles. The van der Waals surface area contributed by atoms with Crippen LogP contribution in [0.25, 0.3) is 0 Å². The molecule has 0 spiro atoms. The Labute approximate surface area is 190 Å². The number of hydrogen-bond donors (Lipinski definition) is 1. The number of rotatable bonds is 6. The van der Waals surface area contributed by atoms with Crippen LogP contribution in [0, 0.1) is 6.92 Å². The van der Waals surface area contributed by atoms with Gasteiger partial charge in [0, 0.05) is 18.8 Å². The number of fused-ring (bicyclic) bond motifs is 1. The highest BCUT2D eigenvalue weighted by Crippen LogP contribution is 2.31. The number of aryl methyl sites for hydroxylation is 2. The Morgan fingerprint density at radius 2 is 1.81 bits per heavy atom. The molecule has 0 amide bonds. The molecular formula is C24H22Cl2N2O3. The van der Waals surface area contributed by atoms with Crippen molar-refractivity contribution < 1.29 is 9.90 Å². The van der Waals surface area contributed by atoms with Gasteiger partial charge in [-0.3, -0.25) is 4.79 Å². The Hall–Kier alpha value is -2.76. The average Bonchev–Trinajstić information content (AvgIpc) is 3.13. The first-order chi connectivity index (χ1) is 14.8. The van der Waals surface area contributed by atoms with Gasteiger partial charge >= 0.3 is 5.97 Å². The Kier molecular flexibility index (Phi) is 6.08. The van der Waals surface area contributed by atoms with Crippen molar-refractivity contribution in [1.82, 2.24) is 4.57 Å². The summed E-state index contributed by atoms with van der Waals surface area (Å²) < 4.78 is 1.64. The molecule has 0 aliphatic carbocycles. The maximum Gasteiger partial charge on any atom is 0.335 e. The topological polar surface area (TPSA) is 62.5 Å². The molecule has 1 aliphatic rings. The SMILES string of the molecule is Cc1ccc2c(c1)CCN2Cc1c(Cl)cc(Cl)c(=O)n1CCc1ccc(C(=O)O)cc1. The molecule has 160 valence electrons. The van der Waals surface area contributed by atoms with Gasteiger partial charge in [0.05, 0.1) is 22.8 Å². The lowest BCUT2D eigenvalue weighted by atomic mass is 10.1. The van der Waals surface area contributed by atoms with Crippen LogP contribution in [0.3, 0.4) is 0 Å². The molecule has 7 heteroatoms. The number of aromatic carboxylic acids is 1. The number of carboxylic acids is 1. The predicted octanol–water partition coefficient (Wildman–Crippen LogP) is 4.97. The van der Waals surface area contributed by atoms with Gasteiger partial charge in [0.1, 0.15) is 5.02 Å². The predicted molar refractivity (Wildman–Crippen MR) is 124 cm³/mol. The van der Waals surface area contributed by atoms with Crippen LogP contribution in [0.15, 0.2) is 53.3 Å². The Morgan fingerprint density at radius 1 is 1.06 bits per heavy atom. The highest BCUT2D eigenvalue weighted by molar-refractivity contribution is 6.34. The van der Waals surface area contributed by atoms with Gasteiger partial charge in [0.25, 0.3) is 5.56 Å². The lowest BCUT2D eigenvalue weighted by molar-refractivity contribution is 0.0697. The zero-order valence-corrected chi connectivity index (χ0v) is 18.6. The van der Waals surface area contributed by atoms with Gasteiger partial charge in [-0.1, -0.05) is 53.0 Å². The third-order valence-electron chi connectivity index (χ3n) is 5.70. The summed E-state index contributed by atoms with van der Waals surface area (Å²) in [5.74, 6) is -0.965. The maximum absolute atomic E-state index is 12.8. The molecule has 31 heavy (non-hydrogen) atoms. The number of pyridine rings is 1. The van der Waals surface area contributed by atoms with Crippen LogP contribution in [0.5, 0.6) is 0 Å². The first kappa shape index (κ1) is 21.5. The summed E-state index contributed by atoms with van der Waals surface area (Å²) >= 11 is 12.7. The molecule has 0 fully saturated rings. The monoisotopic (exact) mass is 456 g/mol. The van der Waals surface area contributed by atoms with Crippen molar-refractivity contribution >= 4 is 34.9 Å². The fraction of sp³-hybridized carbons (Fsp3) is 0.250. The van der Waals surface area contributed by atoms with E-state index in [0.29, 0.717) is 24.5 Å². The molecular weight excluding hydrogens is 435 g/mol. The highest BCUT2D eigenvalue weighted by Gasteiger charge is 2.22. The minimum absolute atomic E-state index is 0.0902. The lowest BCUT2D eigenvalue weighted by Gasteiger charge is -2.23. The summed E-state index contributed by atoms with van der Waals surface area (Å²) in [4.78, 5) is 26.1. The van der Waals surface area contributed by atoms with Crippen LogP contribution in [-0.4, -0.2) is 22.2 Å². The minimum Gasteiger partial charge on any atom is -0.478 e. The van der Waals surface area contributed by atoms with Crippen molar-refractivity contribution in [3.8, 4) is 0 Å². The van der Waals surface area contributed by atoms with Gasteiger partial charge in [-0.05, 0) is 55.2 Å². The number of carboxylic acid groups (broad SMARTS) is 1. The van der Waals surface area contributed by atoms with E-state index < -0.39 is 5.97 Å². The van der Waals surface area contributed by atoms with Crippen molar-refractivity contribution in [2.45, 2.75) is 32.9 Å². The van der Waals surface area contributed by atoms with Crippen LogP contribution in [-0.2, 0) is 25.9 Å². The minimum atomic E-state index is -0.965. The van der Waals surface area contributed by atoms with Crippen LogP contribution < -0.4 is 10.5 Å². The third kappa shape index (κ3) is 4.48. The highest BCUT2D eigenvalue weighted by atomic mass is 35.5. The molecule has 0 saturated heterocycles. The normalized spacial score (nSPS) is 12.8. The fourth-order valence-electron chi connectivity index (χ4n) is 4.03. The van der Waals surface area contributed by atoms with Gasteiger partial charge in [0.2, 0.25) is 0 Å². The van der Waals surface area contributed by atoms with Crippen LogP contribution in [0.2, 0.25) is 10.0 Å². The molecule has 0 saturated carbocycles. The smallest absolute Gasteiger partial charge is 0.335 e. The first-order valence-electron chi connectivity index (χ1n) is 10.1. The summed E-state index contributed by atoms with van der Waals surface area (Å²) in [5.41, 5.74) is 5.32. The number of nitrogens with zero attached hydrogens (tertiary/aromatic N) is 2. The van der Waals surface area contributed by atoms with E-state index in [4.69, 9.17) is 28.3 Å². The average molecular weight is 457 g/mol.